The van der Waals surface area contributed by atoms with E-state index in [0.29, 0.717) is 0 Å². The average Bonchev–Trinajstić information content (AvgIpc) is 2.63. The van der Waals surface area contributed by atoms with Gasteiger partial charge in [0, 0.05) is 13.6 Å². The molecule has 0 saturated carbocycles. The van der Waals surface area contributed by atoms with E-state index in [1.54, 1.807) is 12.1 Å². The summed E-state index contributed by atoms with van der Waals surface area (Å²) in [5.41, 5.74) is 5.35. The molecular weight excluding hydrogens is 196 g/mol. The fraction of sp³-hybridized carbons (Fsp3) is 0.500. The Morgan fingerprint density at radius 1 is 1.73 bits per heavy atom. The number of nitrogens with two attached hydrogens (primary N) is 1. The van der Waals surface area contributed by atoms with Crippen molar-refractivity contribution < 1.29 is 4.79 Å². The van der Waals surface area contributed by atoms with E-state index < -0.39 is 5.91 Å². The number of hydrogen-bond donors (Lipinski definition) is 2. The van der Waals surface area contributed by atoms with Crippen LogP contribution in [0, 0.1) is 0 Å². The van der Waals surface area contributed by atoms with Crippen LogP contribution in [-0.2, 0) is 0 Å². The minimum atomic E-state index is -0.573. The van der Waals surface area contributed by atoms with Crippen molar-refractivity contribution in [1.82, 2.24) is 15.2 Å². The first-order chi connectivity index (χ1) is 7.15. The quantitative estimate of drug-likeness (QED) is 0.556. The van der Waals surface area contributed by atoms with Crippen molar-refractivity contribution in [3.8, 4) is 0 Å². The SMILES string of the molecule is CCCN(C)N=Nc1[nH]ncc1C(N)=O. The number of hydrogen-bond acceptors (Lipinski definition) is 4. The van der Waals surface area contributed by atoms with Gasteiger partial charge in [-0.25, -0.2) is 0 Å². The summed E-state index contributed by atoms with van der Waals surface area (Å²) in [4.78, 5) is 10.9. The second-order valence-electron chi connectivity index (χ2n) is 3.07. The predicted molar refractivity (Wildman–Crippen MR) is 54.5 cm³/mol. The van der Waals surface area contributed by atoms with Crippen LogP contribution in [0.25, 0.3) is 0 Å². The molecule has 15 heavy (non-hydrogen) atoms. The fourth-order valence-electron chi connectivity index (χ4n) is 1.03. The van der Waals surface area contributed by atoms with Crippen molar-refractivity contribution in [3.05, 3.63) is 11.8 Å². The number of carbonyl (C=O) groups excluding carboxylic acids is 1. The zero-order chi connectivity index (χ0) is 11.3. The Bertz CT molecular complexity index is 358. The molecule has 0 atom stereocenters. The molecule has 0 aliphatic carbocycles. The number of carbonyl (C=O) groups is 1. The largest absolute Gasteiger partial charge is 0.365 e. The fourth-order valence-corrected chi connectivity index (χ4v) is 1.03. The summed E-state index contributed by atoms with van der Waals surface area (Å²) in [5, 5.41) is 15.6. The molecule has 0 aliphatic heterocycles. The van der Waals surface area contributed by atoms with E-state index in [1.807, 2.05) is 6.92 Å². The number of rotatable bonds is 5. The van der Waals surface area contributed by atoms with Gasteiger partial charge in [-0.1, -0.05) is 12.1 Å². The molecule has 1 heterocycles. The third-order valence-corrected chi connectivity index (χ3v) is 1.73. The molecule has 0 spiro atoms. The first-order valence-electron chi connectivity index (χ1n) is 4.61. The molecule has 0 saturated heterocycles. The van der Waals surface area contributed by atoms with Crippen molar-refractivity contribution in [2.24, 2.45) is 16.1 Å². The van der Waals surface area contributed by atoms with Crippen molar-refractivity contribution in [1.29, 1.82) is 0 Å². The molecule has 0 bridgehead atoms. The van der Waals surface area contributed by atoms with E-state index in [1.165, 1.54) is 6.20 Å². The normalized spacial score (nSPS) is 10.8. The number of nitrogens with one attached hydrogen (secondary N) is 1. The van der Waals surface area contributed by atoms with Crippen LogP contribution in [0.4, 0.5) is 5.82 Å². The summed E-state index contributed by atoms with van der Waals surface area (Å²) in [6, 6.07) is 0. The van der Waals surface area contributed by atoms with E-state index >= 15 is 0 Å². The second kappa shape index (κ2) is 5.08. The van der Waals surface area contributed by atoms with Gasteiger partial charge < -0.3 is 5.73 Å². The van der Waals surface area contributed by atoms with Crippen molar-refractivity contribution in [2.45, 2.75) is 13.3 Å². The van der Waals surface area contributed by atoms with E-state index in [2.05, 4.69) is 20.5 Å². The van der Waals surface area contributed by atoms with E-state index in [4.69, 9.17) is 5.73 Å². The van der Waals surface area contributed by atoms with Crippen LogP contribution >= 0.6 is 0 Å². The zero-order valence-electron chi connectivity index (χ0n) is 8.77. The summed E-state index contributed by atoms with van der Waals surface area (Å²) in [5.74, 6) is -0.290. The molecule has 0 unspecified atom stereocenters. The maximum absolute atomic E-state index is 10.9. The van der Waals surface area contributed by atoms with Crippen LogP contribution < -0.4 is 5.73 Å². The van der Waals surface area contributed by atoms with Gasteiger partial charge in [0.2, 0.25) is 0 Å². The summed E-state index contributed by atoms with van der Waals surface area (Å²) >= 11 is 0. The van der Waals surface area contributed by atoms with Crippen LogP contribution in [-0.4, -0.2) is 34.7 Å². The van der Waals surface area contributed by atoms with Gasteiger partial charge in [0.1, 0.15) is 5.56 Å². The Labute approximate surface area is 87.3 Å². The molecular formula is C8H14N6O. The molecule has 82 valence electrons. The summed E-state index contributed by atoms with van der Waals surface area (Å²) < 4.78 is 0. The second-order valence-corrected chi connectivity index (χ2v) is 3.07. The van der Waals surface area contributed by atoms with E-state index in [-0.39, 0.29) is 11.4 Å². The minimum Gasteiger partial charge on any atom is -0.365 e. The summed E-state index contributed by atoms with van der Waals surface area (Å²) in [7, 11) is 1.80. The van der Waals surface area contributed by atoms with E-state index in [0.717, 1.165) is 13.0 Å². The maximum Gasteiger partial charge on any atom is 0.254 e. The predicted octanol–water partition coefficient (Wildman–Crippen LogP) is 0.849. The third-order valence-electron chi connectivity index (χ3n) is 1.73. The van der Waals surface area contributed by atoms with Crippen molar-refractivity contribution in [2.75, 3.05) is 13.6 Å². The molecule has 0 fully saturated rings. The summed E-state index contributed by atoms with van der Waals surface area (Å²) in [6.45, 7) is 2.83. The molecule has 7 heteroatoms. The van der Waals surface area contributed by atoms with Crippen LogP contribution in [0.1, 0.15) is 23.7 Å². The third kappa shape index (κ3) is 3.04. The molecule has 1 aromatic rings. The van der Waals surface area contributed by atoms with Crippen LogP contribution in [0.15, 0.2) is 16.5 Å². The monoisotopic (exact) mass is 210 g/mol. The number of aromatic amines is 1. The Morgan fingerprint density at radius 3 is 3.07 bits per heavy atom. The standard InChI is InChI=1S/C8H14N6O/c1-3-4-14(2)13-12-8-6(7(9)15)5-10-11-8/h5H,3-4H2,1-2H3,(H2,9,15)(H,10,11). The smallest absolute Gasteiger partial charge is 0.254 e. The van der Waals surface area contributed by atoms with E-state index in [9.17, 15) is 4.79 Å². The van der Waals surface area contributed by atoms with Crippen LogP contribution in [0.2, 0.25) is 0 Å². The zero-order valence-corrected chi connectivity index (χ0v) is 8.77. The highest BCUT2D eigenvalue weighted by Crippen LogP contribution is 2.14. The molecule has 0 radical (unpaired) electrons. The van der Waals surface area contributed by atoms with Crippen LogP contribution in [0.5, 0.6) is 0 Å². The number of amides is 1. The lowest BCUT2D eigenvalue weighted by Gasteiger charge is -2.07. The van der Waals surface area contributed by atoms with Crippen molar-refractivity contribution in [3.63, 3.8) is 0 Å². The molecule has 3 N–H and O–H groups in total. The average molecular weight is 210 g/mol. The highest BCUT2D eigenvalue weighted by atomic mass is 16.1. The molecule has 0 aromatic carbocycles. The van der Waals surface area contributed by atoms with Gasteiger partial charge in [-0.2, -0.15) is 5.10 Å². The molecule has 1 rings (SSSR count). The molecule has 7 nitrogen and oxygen atoms in total. The Balaban J connectivity index is 2.71. The van der Waals surface area contributed by atoms with Gasteiger partial charge in [0.05, 0.1) is 6.20 Å². The number of H-pyrrole nitrogens is 1. The number of aromatic nitrogens is 2. The number of nitrogens with zero attached hydrogens (tertiary/aromatic N) is 4. The first-order valence-corrected chi connectivity index (χ1v) is 4.61. The molecule has 1 aromatic heterocycles. The van der Waals surface area contributed by atoms with Crippen molar-refractivity contribution >= 4 is 11.7 Å². The number of primary amides is 1. The highest BCUT2D eigenvalue weighted by Gasteiger charge is 2.09. The van der Waals surface area contributed by atoms with Gasteiger partial charge >= 0.3 is 0 Å². The van der Waals surface area contributed by atoms with Gasteiger partial charge in [-0.15, -0.1) is 5.11 Å². The Hall–Kier alpha value is -1.92. The first kappa shape index (κ1) is 11.2. The Kier molecular flexibility index (Phi) is 3.78. The minimum absolute atomic E-state index is 0.239. The Morgan fingerprint density at radius 2 is 2.47 bits per heavy atom. The van der Waals surface area contributed by atoms with Gasteiger partial charge in [0.15, 0.2) is 5.82 Å². The lowest BCUT2D eigenvalue weighted by molar-refractivity contribution is 0.100. The van der Waals surface area contributed by atoms with Gasteiger partial charge in [0.25, 0.3) is 5.91 Å². The molecule has 1 amide bonds. The lowest BCUT2D eigenvalue weighted by Crippen LogP contribution is -2.11. The lowest BCUT2D eigenvalue weighted by atomic mass is 10.3. The highest BCUT2D eigenvalue weighted by molar-refractivity contribution is 5.96. The topological polar surface area (TPSA) is 99.7 Å². The van der Waals surface area contributed by atoms with Gasteiger partial charge in [-0.05, 0) is 6.42 Å². The maximum atomic E-state index is 10.9. The van der Waals surface area contributed by atoms with Crippen LogP contribution in [0.3, 0.4) is 0 Å². The summed E-state index contributed by atoms with van der Waals surface area (Å²) in [6.07, 6.45) is 2.30. The van der Waals surface area contributed by atoms with Gasteiger partial charge in [-0.3, -0.25) is 14.9 Å². The molecule has 0 aliphatic rings.